The highest BCUT2D eigenvalue weighted by molar-refractivity contribution is 9.10. The number of nitrogens with zero attached hydrogens (tertiary/aromatic N) is 2. The van der Waals surface area contributed by atoms with E-state index in [0.29, 0.717) is 38.0 Å². The second-order valence-corrected chi connectivity index (χ2v) is 10.00. The van der Waals surface area contributed by atoms with E-state index in [4.69, 9.17) is 0 Å². The van der Waals surface area contributed by atoms with Crippen LogP contribution in [-0.4, -0.2) is 51.9 Å². The van der Waals surface area contributed by atoms with Crippen LogP contribution in [0, 0.1) is 0 Å². The van der Waals surface area contributed by atoms with Gasteiger partial charge in [-0.2, -0.15) is 13.2 Å². The van der Waals surface area contributed by atoms with Gasteiger partial charge in [0.15, 0.2) is 0 Å². The molecule has 2 fully saturated rings. The summed E-state index contributed by atoms with van der Waals surface area (Å²) in [4.78, 5) is 29.1. The van der Waals surface area contributed by atoms with E-state index in [9.17, 15) is 22.8 Å². The van der Waals surface area contributed by atoms with Crippen LogP contribution >= 0.6 is 27.7 Å². The number of likely N-dealkylation sites (tertiary alicyclic amines) is 1. The molecule has 4 nitrogen and oxygen atoms in total. The summed E-state index contributed by atoms with van der Waals surface area (Å²) in [6, 6.07) is 11.6. The zero-order valence-corrected chi connectivity index (χ0v) is 18.9. The molecule has 164 valence electrons. The van der Waals surface area contributed by atoms with Crippen molar-refractivity contribution in [2.24, 2.45) is 0 Å². The molecular weight excluding hydrogens is 493 g/mol. The van der Waals surface area contributed by atoms with E-state index in [0.717, 1.165) is 22.4 Å². The molecule has 2 heterocycles. The number of thioether (sulfide) groups is 1. The molecule has 9 heteroatoms. The summed E-state index contributed by atoms with van der Waals surface area (Å²) in [5, 5.41) is 0. The van der Waals surface area contributed by atoms with Crippen LogP contribution < -0.4 is 0 Å². The van der Waals surface area contributed by atoms with Crippen LogP contribution in [0.5, 0.6) is 0 Å². The summed E-state index contributed by atoms with van der Waals surface area (Å²) in [5.41, 5.74) is 0.102. The maximum atomic E-state index is 13.1. The molecule has 1 spiro atoms. The molecule has 2 saturated heterocycles. The first kappa shape index (κ1) is 22.2. The van der Waals surface area contributed by atoms with Gasteiger partial charge in [-0.15, -0.1) is 11.8 Å². The Labute approximate surface area is 190 Å². The molecule has 0 saturated carbocycles. The van der Waals surface area contributed by atoms with Crippen molar-refractivity contribution < 1.29 is 22.8 Å². The van der Waals surface area contributed by atoms with E-state index in [2.05, 4.69) is 15.9 Å². The van der Waals surface area contributed by atoms with Crippen molar-refractivity contribution in [3.63, 3.8) is 0 Å². The van der Waals surface area contributed by atoms with Crippen molar-refractivity contribution in [2.75, 3.05) is 25.4 Å². The number of amides is 2. The molecule has 0 aromatic heterocycles. The normalized spacial score (nSPS) is 18.5. The smallest absolute Gasteiger partial charge is 0.338 e. The molecule has 0 aliphatic carbocycles. The van der Waals surface area contributed by atoms with Gasteiger partial charge in [-0.25, -0.2) is 0 Å². The lowest BCUT2D eigenvalue weighted by Gasteiger charge is -2.44. The van der Waals surface area contributed by atoms with E-state index in [1.807, 2.05) is 17.0 Å². The second kappa shape index (κ2) is 8.50. The Kier molecular flexibility index (Phi) is 6.09. The fourth-order valence-corrected chi connectivity index (χ4v) is 5.82. The molecule has 0 radical (unpaired) electrons. The van der Waals surface area contributed by atoms with Crippen LogP contribution in [0.15, 0.2) is 53.0 Å². The standard InChI is InChI=1S/C22H20BrF3N2O2S/c23-18-7-3-16(4-8-18)20(30)28-13-14-31-21(28)9-11-27(12-10-21)19(29)15-1-5-17(6-2-15)22(24,25)26/h1-8H,9-14H2. The Hall–Kier alpha value is -2.00. The number of rotatable bonds is 2. The number of halogens is 4. The van der Waals surface area contributed by atoms with Gasteiger partial charge in [0.2, 0.25) is 0 Å². The topological polar surface area (TPSA) is 40.6 Å². The van der Waals surface area contributed by atoms with E-state index in [1.165, 1.54) is 12.1 Å². The maximum absolute atomic E-state index is 13.1. The summed E-state index contributed by atoms with van der Waals surface area (Å²) in [6.45, 7) is 1.57. The first-order valence-corrected chi connectivity index (χ1v) is 11.7. The van der Waals surface area contributed by atoms with E-state index in [1.54, 1.807) is 28.8 Å². The molecule has 4 rings (SSSR count). The summed E-state index contributed by atoms with van der Waals surface area (Å²) < 4.78 is 39.2. The Morgan fingerprint density at radius 3 is 2.00 bits per heavy atom. The third-order valence-electron chi connectivity index (χ3n) is 5.80. The van der Waals surface area contributed by atoms with Gasteiger partial charge in [-0.05, 0) is 61.4 Å². The van der Waals surface area contributed by atoms with Gasteiger partial charge in [0.1, 0.15) is 0 Å². The number of hydrogen-bond acceptors (Lipinski definition) is 3. The van der Waals surface area contributed by atoms with Gasteiger partial charge in [0, 0.05) is 41.0 Å². The third kappa shape index (κ3) is 4.48. The first-order valence-electron chi connectivity index (χ1n) is 9.88. The molecule has 31 heavy (non-hydrogen) atoms. The quantitative estimate of drug-likeness (QED) is 0.548. The van der Waals surface area contributed by atoms with Crippen molar-refractivity contribution in [3.05, 3.63) is 69.7 Å². The molecule has 2 amide bonds. The Morgan fingerprint density at radius 2 is 1.42 bits per heavy atom. The van der Waals surface area contributed by atoms with Crippen molar-refractivity contribution in [2.45, 2.75) is 23.9 Å². The number of piperidine rings is 1. The van der Waals surface area contributed by atoms with Crippen LogP contribution in [0.3, 0.4) is 0 Å². The van der Waals surface area contributed by atoms with Crippen molar-refractivity contribution in [3.8, 4) is 0 Å². The van der Waals surface area contributed by atoms with Crippen LogP contribution in [0.2, 0.25) is 0 Å². The molecule has 0 atom stereocenters. The summed E-state index contributed by atoms with van der Waals surface area (Å²) in [5.74, 6) is 0.548. The Balaban J connectivity index is 1.44. The minimum Gasteiger partial charge on any atom is -0.338 e. The summed E-state index contributed by atoms with van der Waals surface area (Å²) in [6.07, 6.45) is -3.16. The molecule has 2 aliphatic heterocycles. The average molecular weight is 513 g/mol. The third-order valence-corrected chi connectivity index (χ3v) is 7.89. The lowest BCUT2D eigenvalue weighted by molar-refractivity contribution is -0.137. The largest absolute Gasteiger partial charge is 0.416 e. The van der Waals surface area contributed by atoms with Crippen LogP contribution in [-0.2, 0) is 6.18 Å². The zero-order chi connectivity index (χ0) is 22.2. The summed E-state index contributed by atoms with van der Waals surface area (Å²) >= 11 is 5.13. The number of carbonyl (C=O) groups excluding carboxylic acids is 2. The summed E-state index contributed by atoms with van der Waals surface area (Å²) in [7, 11) is 0. The average Bonchev–Trinajstić information content (AvgIpc) is 3.16. The van der Waals surface area contributed by atoms with E-state index in [-0.39, 0.29) is 22.2 Å². The van der Waals surface area contributed by atoms with Crippen LogP contribution in [0.25, 0.3) is 0 Å². The highest BCUT2D eigenvalue weighted by atomic mass is 79.9. The zero-order valence-electron chi connectivity index (χ0n) is 16.5. The number of benzene rings is 2. The Morgan fingerprint density at radius 1 is 0.871 bits per heavy atom. The fraction of sp³-hybridized carbons (Fsp3) is 0.364. The first-order chi connectivity index (χ1) is 14.7. The van der Waals surface area contributed by atoms with Crippen LogP contribution in [0.4, 0.5) is 13.2 Å². The van der Waals surface area contributed by atoms with Gasteiger partial charge in [0.25, 0.3) is 11.8 Å². The van der Waals surface area contributed by atoms with Crippen molar-refractivity contribution in [1.82, 2.24) is 9.80 Å². The highest BCUT2D eigenvalue weighted by Gasteiger charge is 2.47. The number of hydrogen-bond donors (Lipinski definition) is 0. The van der Waals surface area contributed by atoms with Gasteiger partial charge in [-0.3, -0.25) is 9.59 Å². The van der Waals surface area contributed by atoms with Crippen molar-refractivity contribution in [1.29, 1.82) is 0 Å². The maximum Gasteiger partial charge on any atom is 0.416 e. The monoisotopic (exact) mass is 512 g/mol. The number of alkyl halides is 3. The van der Waals surface area contributed by atoms with E-state index < -0.39 is 11.7 Å². The second-order valence-electron chi connectivity index (χ2n) is 7.63. The van der Waals surface area contributed by atoms with Gasteiger partial charge in [0.05, 0.1) is 10.4 Å². The molecule has 2 aliphatic rings. The van der Waals surface area contributed by atoms with Gasteiger partial charge >= 0.3 is 6.18 Å². The number of carbonyl (C=O) groups is 2. The highest BCUT2D eigenvalue weighted by Crippen LogP contribution is 2.44. The molecule has 0 N–H and O–H groups in total. The van der Waals surface area contributed by atoms with Gasteiger partial charge < -0.3 is 9.80 Å². The lowest BCUT2D eigenvalue weighted by Crippen LogP contribution is -2.53. The SMILES string of the molecule is O=C(c1ccc(C(F)(F)F)cc1)N1CCC2(CC1)SCCN2C(=O)c1ccc(Br)cc1. The molecular formula is C22H20BrF3N2O2S. The predicted octanol–water partition coefficient (Wildman–Crippen LogP) is 5.29. The molecule has 0 bridgehead atoms. The Bertz CT molecular complexity index is 972. The minimum atomic E-state index is -4.43. The minimum absolute atomic E-state index is 0.0139. The van der Waals surface area contributed by atoms with Gasteiger partial charge in [-0.1, -0.05) is 15.9 Å². The van der Waals surface area contributed by atoms with Crippen LogP contribution in [0.1, 0.15) is 39.1 Å². The van der Waals surface area contributed by atoms with E-state index >= 15 is 0 Å². The predicted molar refractivity (Wildman–Crippen MR) is 117 cm³/mol. The molecule has 2 aromatic carbocycles. The molecule has 2 aromatic rings. The fourth-order valence-electron chi connectivity index (χ4n) is 4.10. The van der Waals surface area contributed by atoms with Crippen molar-refractivity contribution >= 4 is 39.5 Å². The lowest BCUT2D eigenvalue weighted by atomic mass is 10.00. The molecule has 0 unspecified atom stereocenters.